The van der Waals surface area contributed by atoms with E-state index < -0.39 is 15.8 Å². The monoisotopic (exact) mass is 439 g/mol. The molecule has 0 radical (unpaired) electrons. The molecule has 0 saturated carbocycles. The minimum atomic E-state index is -3.77. The van der Waals surface area contributed by atoms with Gasteiger partial charge in [-0.25, -0.2) is 12.8 Å². The highest BCUT2D eigenvalue weighted by molar-refractivity contribution is 7.89. The number of nitrogens with zero attached hydrogens (tertiary/aromatic N) is 3. The summed E-state index contributed by atoms with van der Waals surface area (Å²) in [4.78, 5) is 18.6. The van der Waals surface area contributed by atoms with Crippen LogP contribution in [-0.4, -0.2) is 55.2 Å². The van der Waals surface area contributed by atoms with Gasteiger partial charge in [-0.2, -0.15) is 4.31 Å². The number of hydrogen-bond donors (Lipinski definition) is 0. The van der Waals surface area contributed by atoms with Crippen LogP contribution in [0.2, 0.25) is 5.02 Å². The first-order valence-corrected chi connectivity index (χ1v) is 11.2. The normalized spacial score (nSPS) is 16.0. The summed E-state index contributed by atoms with van der Waals surface area (Å²) in [6, 6.07) is 9.05. The van der Waals surface area contributed by atoms with Crippen LogP contribution in [0.4, 0.5) is 4.39 Å². The highest BCUT2D eigenvalue weighted by Crippen LogP contribution is 2.27. The summed E-state index contributed by atoms with van der Waals surface area (Å²) in [6.07, 6.45) is 3.28. The molecule has 2 aromatic rings. The quantitative estimate of drug-likeness (QED) is 0.693. The van der Waals surface area contributed by atoms with E-state index in [1.165, 1.54) is 10.4 Å². The fourth-order valence-corrected chi connectivity index (χ4v) is 5.12. The standard InChI is InChI=1S/C20H23ClFN3O3S/c1-24(11-9-16-4-2-3-10-23-16)20(26)15-7-12-25(13-8-15)29(27,28)17-5-6-19(22)18(21)14-17/h2-6,10,14-15H,7-9,11-13H2,1H3. The van der Waals surface area contributed by atoms with Gasteiger partial charge in [0, 0.05) is 50.9 Å². The lowest BCUT2D eigenvalue weighted by Gasteiger charge is -2.32. The number of carbonyl (C=O) groups excluding carboxylic acids is 1. The second kappa shape index (κ2) is 9.19. The van der Waals surface area contributed by atoms with Crippen LogP contribution in [-0.2, 0) is 21.2 Å². The summed E-state index contributed by atoms with van der Waals surface area (Å²) < 4.78 is 40.2. The molecule has 1 saturated heterocycles. The fraction of sp³-hybridized carbons (Fsp3) is 0.400. The van der Waals surface area contributed by atoms with Crippen LogP contribution in [0.1, 0.15) is 18.5 Å². The largest absolute Gasteiger partial charge is 0.345 e. The molecule has 29 heavy (non-hydrogen) atoms. The number of rotatable bonds is 6. The molecular formula is C20H23ClFN3O3S. The molecular weight excluding hydrogens is 417 g/mol. The van der Waals surface area contributed by atoms with Gasteiger partial charge < -0.3 is 4.90 Å². The zero-order valence-electron chi connectivity index (χ0n) is 16.1. The van der Waals surface area contributed by atoms with Crippen molar-refractivity contribution in [3.8, 4) is 0 Å². The van der Waals surface area contributed by atoms with Gasteiger partial charge in [0.25, 0.3) is 0 Å². The lowest BCUT2D eigenvalue weighted by Crippen LogP contribution is -2.43. The number of amides is 1. The average Bonchev–Trinajstić information content (AvgIpc) is 2.74. The third-order valence-electron chi connectivity index (χ3n) is 5.14. The van der Waals surface area contributed by atoms with Crippen molar-refractivity contribution in [2.75, 3.05) is 26.7 Å². The summed E-state index contributed by atoms with van der Waals surface area (Å²) in [6.45, 7) is 1.03. The lowest BCUT2D eigenvalue weighted by atomic mass is 9.96. The molecule has 0 spiro atoms. The number of carbonyl (C=O) groups is 1. The minimum absolute atomic E-state index is 0.0165. The van der Waals surface area contributed by atoms with Gasteiger partial charge >= 0.3 is 0 Å². The lowest BCUT2D eigenvalue weighted by molar-refractivity contribution is -0.135. The summed E-state index contributed by atoms with van der Waals surface area (Å²) >= 11 is 5.72. The van der Waals surface area contributed by atoms with Crippen LogP contribution in [0.25, 0.3) is 0 Å². The predicted molar refractivity (Wildman–Crippen MR) is 108 cm³/mol. The molecule has 156 valence electrons. The van der Waals surface area contributed by atoms with Crippen LogP contribution in [0, 0.1) is 11.7 Å². The Labute approximate surface area is 175 Å². The molecule has 0 N–H and O–H groups in total. The molecule has 1 aromatic heterocycles. The third-order valence-corrected chi connectivity index (χ3v) is 7.32. The Bertz CT molecular complexity index is 964. The van der Waals surface area contributed by atoms with E-state index in [9.17, 15) is 17.6 Å². The molecule has 3 rings (SSSR count). The zero-order chi connectivity index (χ0) is 21.0. The maximum Gasteiger partial charge on any atom is 0.243 e. The van der Waals surface area contributed by atoms with Gasteiger partial charge in [-0.05, 0) is 43.2 Å². The highest BCUT2D eigenvalue weighted by atomic mass is 35.5. The van der Waals surface area contributed by atoms with E-state index in [0.717, 1.165) is 17.8 Å². The highest BCUT2D eigenvalue weighted by Gasteiger charge is 2.33. The van der Waals surface area contributed by atoms with Crippen molar-refractivity contribution in [3.63, 3.8) is 0 Å². The molecule has 9 heteroatoms. The first-order chi connectivity index (χ1) is 13.8. The fourth-order valence-electron chi connectivity index (χ4n) is 3.38. The number of piperidine rings is 1. The van der Waals surface area contributed by atoms with E-state index in [1.807, 2.05) is 18.2 Å². The molecule has 6 nitrogen and oxygen atoms in total. The van der Waals surface area contributed by atoms with E-state index in [0.29, 0.717) is 25.8 Å². The Morgan fingerprint density at radius 3 is 2.62 bits per heavy atom. The zero-order valence-corrected chi connectivity index (χ0v) is 17.7. The van der Waals surface area contributed by atoms with Gasteiger partial charge in [-0.1, -0.05) is 17.7 Å². The molecule has 1 fully saturated rings. The molecule has 0 aliphatic carbocycles. The first kappa shape index (κ1) is 21.7. The number of pyridine rings is 1. The van der Waals surface area contributed by atoms with Gasteiger partial charge in [0.05, 0.1) is 9.92 Å². The second-order valence-electron chi connectivity index (χ2n) is 7.09. The average molecular weight is 440 g/mol. The van der Waals surface area contributed by atoms with Crippen molar-refractivity contribution in [2.24, 2.45) is 5.92 Å². The Morgan fingerprint density at radius 2 is 2.00 bits per heavy atom. The molecule has 1 aliphatic heterocycles. The molecule has 0 bridgehead atoms. The van der Waals surface area contributed by atoms with E-state index in [2.05, 4.69) is 4.98 Å². The van der Waals surface area contributed by atoms with Gasteiger partial charge in [-0.15, -0.1) is 0 Å². The molecule has 0 atom stereocenters. The van der Waals surface area contributed by atoms with Crippen molar-refractivity contribution in [1.29, 1.82) is 0 Å². The van der Waals surface area contributed by atoms with E-state index in [1.54, 1.807) is 18.1 Å². The second-order valence-corrected chi connectivity index (χ2v) is 9.43. The van der Waals surface area contributed by atoms with E-state index >= 15 is 0 Å². The van der Waals surface area contributed by atoms with Crippen molar-refractivity contribution in [1.82, 2.24) is 14.2 Å². The first-order valence-electron chi connectivity index (χ1n) is 9.39. The van der Waals surface area contributed by atoms with Crippen molar-refractivity contribution in [3.05, 3.63) is 59.1 Å². The number of benzene rings is 1. The Balaban J connectivity index is 1.56. The molecule has 0 unspecified atom stereocenters. The summed E-state index contributed by atoms with van der Waals surface area (Å²) in [7, 11) is -2.01. The van der Waals surface area contributed by atoms with Crippen LogP contribution >= 0.6 is 11.6 Å². The molecule has 2 heterocycles. The molecule has 1 aromatic carbocycles. The smallest absolute Gasteiger partial charge is 0.243 e. The van der Waals surface area contributed by atoms with Crippen molar-refractivity contribution < 1.29 is 17.6 Å². The van der Waals surface area contributed by atoms with Gasteiger partial charge in [-0.3, -0.25) is 9.78 Å². The van der Waals surface area contributed by atoms with Crippen LogP contribution in [0.5, 0.6) is 0 Å². The van der Waals surface area contributed by atoms with E-state index in [-0.39, 0.29) is 34.8 Å². The number of halogens is 2. The summed E-state index contributed by atoms with van der Waals surface area (Å²) in [5.41, 5.74) is 0.922. The molecule has 1 aliphatic rings. The number of aromatic nitrogens is 1. The Morgan fingerprint density at radius 1 is 1.28 bits per heavy atom. The topological polar surface area (TPSA) is 70.6 Å². The summed E-state index contributed by atoms with van der Waals surface area (Å²) in [5, 5.41) is -0.231. The number of sulfonamides is 1. The Kier molecular flexibility index (Phi) is 6.87. The number of likely N-dealkylation sites (N-methyl/N-ethyl adjacent to an activating group) is 1. The summed E-state index contributed by atoms with van der Waals surface area (Å²) in [5.74, 6) is -0.863. The third kappa shape index (κ3) is 5.12. The SMILES string of the molecule is CN(CCc1ccccn1)C(=O)C1CCN(S(=O)(=O)c2ccc(F)c(Cl)c2)CC1. The maximum atomic E-state index is 13.3. The maximum absolute atomic E-state index is 13.3. The molecule has 1 amide bonds. The van der Waals surface area contributed by atoms with Crippen molar-refractivity contribution in [2.45, 2.75) is 24.2 Å². The van der Waals surface area contributed by atoms with Gasteiger partial charge in [0.1, 0.15) is 5.82 Å². The number of hydrogen-bond acceptors (Lipinski definition) is 4. The Hall–Kier alpha value is -2.03. The van der Waals surface area contributed by atoms with Crippen LogP contribution < -0.4 is 0 Å². The van der Waals surface area contributed by atoms with Gasteiger partial charge in [0.2, 0.25) is 15.9 Å². The van der Waals surface area contributed by atoms with Crippen LogP contribution in [0.15, 0.2) is 47.5 Å². The minimum Gasteiger partial charge on any atom is -0.345 e. The van der Waals surface area contributed by atoms with Gasteiger partial charge in [0.15, 0.2) is 0 Å². The van der Waals surface area contributed by atoms with Crippen molar-refractivity contribution >= 4 is 27.5 Å². The van der Waals surface area contributed by atoms with E-state index in [4.69, 9.17) is 11.6 Å². The van der Waals surface area contributed by atoms with Crippen LogP contribution in [0.3, 0.4) is 0 Å². The predicted octanol–water partition coefficient (Wildman–Crippen LogP) is 2.98.